The summed E-state index contributed by atoms with van der Waals surface area (Å²) in [5.74, 6) is 1.46. The van der Waals surface area contributed by atoms with Crippen molar-refractivity contribution in [3.8, 4) is 22.8 Å². The second-order valence-electron chi connectivity index (χ2n) is 3.68. The summed E-state index contributed by atoms with van der Waals surface area (Å²) in [7, 11) is 5.11. The minimum atomic E-state index is 0.730. The maximum Gasteiger partial charge on any atom is 0.132 e. The van der Waals surface area contributed by atoms with Crippen LogP contribution in [0.15, 0.2) is 18.2 Å². The van der Waals surface area contributed by atoms with Crippen LogP contribution in [0.2, 0.25) is 0 Å². The summed E-state index contributed by atoms with van der Waals surface area (Å²) in [5.41, 5.74) is 2.58. The van der Waals surface area contributed by atoms with Crippen LogP contribution in [-0.2, 0) is 7.05 Å². The fraction of sp³-hybridized carbons (Fsp3) is 0.333. The molecule has 0 saturated heterocycles. The van der Waals surface area contributed by atoms with E-state index in [1.54, 1.807) is 18.9 Å². The SMILES string of the molecule is COc1cccc(OC)c1-c1nnn(C)c1C. The van der Waals surface area contributed by atoms with E-state index in [1.165, 1.54) is 0 Å². The molecule has 1 aromatic carbocycles. The molecule has 0 atom stereocenters. The minimum absolute atomic E-state index is 0.730. The van der Waals surface area contributed by atoms with Gasteiger partial charge in [-0.2, -0.15) is 0 Å². The number of benzene rings is 1. The van der Waals surface area contributed by atoms with Crippen LogP contribution < -0.4 is 9.47 Å². The first-order valence-corrected chi connectivity index (χ1v) is 5.26. The van der Waals surface area contributed by atoms with Crippen molar-refractivity contribution in [3.05, 3.63) is 23.9 Å². The highest BCUT2D eigenvalue weighted by Gasteiger charge is 2.18. The molecule has 2 rings (SSSR count). The van der Waals surface area contributed by atoms with Crippen molar-refractivity contribution in [2.75, 3.05) is 14.2 Å². The topological polar surface area (TPSA) is 49.2 Å². The van der Waals surface area contributed by atoms with Crippen LogP contribution >= 0.6 is 0 Å². The summed E-state index contributed by atoms with van der Waals surface area (Å²) in [6.45, 7) is 1.96. The number of ether oxygens (including phenoxy) is 2. The molecule has 0 aliphatic heterocycles. The number of aromatic nitrogens is 3. The summed E-state index contributed by atoms with van der Waals surface area (Å²) in [6.07, 6.45) is 0. The highest BCUT2D eigenvalue weighted by atomic mass is 16.5. The van der Waals surface area contributed by atoms with Gasteiger partial charge in [0.2, 0.25) is 0 Å². The molecule has 0 aliphatic carbocycles. The summed E-state index contributed by atoms with van der Waals surface area (Å²) in [4.78, 5) is 0. The normalized spacial score (nSPS) is 10.4. The van der Waals surface area contributed by atoms with Crippen LogP contribution in [0.5, 0.6) is 11.5 Å². The van der Waals surface area contributed by atoms with Gasteiger partial charge in [0, 0.05) is 7.05 Å². The lowest BCUT2D eigenvalue weighted by Gasteiger charge is -2.11. The van der Waals surface area contributed by atoms with Gasteiger partial charge in [-0.25, -0.2) is 0 Å². The van der Waals surface area contributed by atoms with E-state index in [4.69, 9.17) is 9.47 Å². The van der Waals surface area contributed by atoms with E-state index in [9.17, 15) is 0 Å². The zero-order valence-electron chi connectivity index (χ0n) is 10.4. The zero-order valence-corrected chi connectivity index (χ0v) is 10.4. The molecule has 1 heterocycles. The molecule has 0 spiro atoms. The second-order valence-corrected chi connectivity index (χ2v) is 3.68. The van der Waals surface area contributed by atoms with Crippen molar-refractivity contribution in [1.82, 2.24) is 15.0 Å². The van der Waals surface area contributed by atoms with Crippen LogP contribution in [0.25, 0.3) is 11.3 Å². The van der Waals surface area contributed by atoms with Crippen LogP contribution in [0.3, 0.4) is 0 Å². The molecule has 0 radical (unpaired) electrons. The Morgan fingerprint density at radius 1 is 1.12 bits per heavy atom. The van der Waals surface area contributed by atoms with Crippen LogP contribution in [0.4, 0.5) is 0 Å². The van der Waals surface area contributed by atoms with Gasteiger partial charge in [-0.15, -0.1) is 5.10 Å². The molecule has 1 aromatic heterocycles. The molecular formula is C12H15N3O2. The van der Waals surface area contributed by atoms with Crippen LogP contribution in [-0.4, -0.2) is 29.2 Å². The van der Waals surface area contributed by atoms with Crippen molar-refractivity contribution in [2.24, 2.45) is 7.05 Å². The molecule has 0 unspecified atom stereocenters. The Morgan fingerprint density at radius 2 is 1.71 bits per heavy atom. The Balaban J connectivity index is 2.68. The number of methoxy groups -OCH3 is 2. The number of nitrogens with zero attached hydrogens (tertiary/aromatic N) is 3. The third kappa shape index (κ3) is 1.84. The molecule has 5 heteroatoms. The molecule has 17 heavy (non-hydrogen) atoms. The van der Waals surface area contributed by atoms with Crippen molar-refractivity contribution in [2.45, 2.75) is 6.92 Å². The smallest absolute Gasteiger partial charge is 0.132 e. The average Bonchev–Trinajstić information content (AvgIpc) is 2.69. The third-order valence-electron chi connectivity index (χ3n) is 2.77. The molecule has 0 N–H and O–H groups in total. The highest BCUT2D eigenvalue weighted by molar-refractivity contribution is 5.75. The lowest BCUT2D eigenvalue weighted by atomic mass is 10.1. The number of aryl methyl sites for hydroxylation is 1. The Bertz CT molecular complexity index is 512. The largest absolute Gasteiger partial charge is 0.496 e. The van der Waals surface area contributed by atoms with E-state index in [0.29, 0.717) is 0 Å². The first kappa shape index (κ1) is 11.4. The third-order valence-corrected chi connectivity index (χ3v) is 2.77. The Labute approximate surface area is 100.0 Å². The van der Waals surface area contributed by atoms with Crippen molar-refractivity contribution in [3.63, 3.8) is 0 Å². The van der Waals surface area contributed by atoms with Gasteiger partial charge >= 0.3 is 0 Å². The van der Waals surface area contributed by atoms with E-state index < -0.39 is 0 Å². The fourth-order valence-electron chi connectivity index (χ4n) is 1.72. The second kappa shape index (κ2) is 4.45. The van der Waals surface area contributed by atoms with Gasteiger partial charge < -0.3 is 9.47 Å². The van der Waals surface area contributed by atoms with Gasteiger partial charge in [0.15, 0.2) is 0 Å². The molecule has 5 nitrogen and oxygen atoms in total. The Hall–Kier alpha value is -2.04. The molecule has 0 bridgehead atoms. The van der Waals surface area contributed by atoms with E-state index in [-0.39, 0.29) is 0 Å². The predicted molar refractivity (Wildman–Crippen MR) is 64.3 cm³/mol. The zero-order chi connectivity index (χ0) is 12.4. The van der Waals surface area contributed by atoms with Crippen molar-refractivity contribution >= 4 is 0 Å². The van der Waals surface area contributed by atoms with Gasteiger partial charge in [-0.3, -0.25) is 4.68 Å². The summed E-state index contributed by atoms with van der Waals surface area (Å²) < 4.78 is 12.4. The average molecular weight is 233 g/mol. The predicted octanol–water partition coefficient (Wildman–Crippen LogP) is 1.81. The van der Waals surface area contributed by atoms with E-state index in [2.05, 4.69) is 10.3 Å². The van der Waals surface area contributed by atoms with Crippen molar-refractivity contribution < 1.29 is 9.47 Å². The van der Waals surface area contributed by atoms with Crippen molar-refractivity contribution in [1.29, 1.82) is 0 Å². The molecule has 90 valence electrons. The standard InChI is InChI=1S/C12H15N3O2/c1-8-12(13-14-15(8)2)11-9(16-3)6-5-7-10(11)17-4/h5-7H,1-4H3. The lowest BCUT2D eigenvalue weighted by Crippen LogP contribution is -1.95. The first-order chi connectivity index (χ1) is 8.19. The Morgan fingerprint density at radius 3 is 2.12 bits per heavy atom. The highest BCUT2D eigenvalue weighted by Crippen LogP contribution is 2.38. The maximum atomic E-state index is 5.35. The van der Waals surface area contributed by atoms with E-state index in [0.717, 1.165) is 28.5 Å². The van der Waals surface area contributed by atoms with E-state index >= 15 is 0 Å². The van der Waals surface area contributed by atoms with Crippen LogP contribution in [0.1, 0.15) is 5.69 Å². The van der Waals surface area contributed by atoms with Gasteiger partial charge in [0.25, 0.3) is 0 Å². The molecule has 0 aliphatic rings. The lowest BCUT2D eigenvalue weighted by molar-refractivity contribution is 0.397. The first-order valence-electron chi connectivity index (χ1n) is 5.26. The quantitative estimate of drug-likeness (QED) is 0.811. The summed E-state index contributed by atoms with van der Waals surface area (Å²) >= 11 is 0. The molecule has 0 saturated carbocycles. The Kier molecular flexibility index (Phi) is 2.99. The maximum absolute atomic E-state index is 5.35. The summed E-state index contributed by atoms with van der Waals surface area (Å²) in [5, 5.41) is 8.15. The number of hydrogen-bond donors (Lipinski definition) is 0. The minimum Gasteiger partial charge on any atom is -0.496 e. The van der Waals surface area contributed by atoms with Gasteiger partial charge in [-0.05, 0) is 19.1 Å². The van der Waals surface area contributed by atoms with E-state index in [1.807, 2.05) is 32.2 Å². The monoisotopic (exact) mass is 233 g/mol. The molecule has 2 aromatic rings. The van der Waals surface area contributed by atoms with Gasteiger partial charge in [0.1, 0.15) is 17.2 Å². The van der Waals surface area contributed by atoms with Gasteiger partial charge in [0.05, 0.1) is 25.5 Å². The molecule has 0 fully saturated rings. The number of rotatable bonds is 3. The number of hydrogen-bond acceptors (Lipinski definition) is 4. The fourth-order valence-corrected chi connectivity index (χ4v) is 1.72. The van der Waals surface area contributed by atoms with Crippen LogP contribution in [0, 0.1) is 6.92 Å². The summed E-state index contributed by atoms with van der Waals surface area (Å²) in [6, 6.07) is 5.64. The molecular weight excluding hydrogens is 218 g/mol. The molecule has 0 amide bonds. The van der Waals surface area contributed by atoms with Gasteiger partial charge in [-0.1, -0.05) is 11.3 Å².